The van der Waals surface area contributed by atoms with E-state index in [0.717, 1.165) is 0 Å². The fraction of sp³-hybridized carbons (Fsp3) is 0.500. The quantitative estimate of drug-likeness (QED) is 0.152. The largest absolute Gasteiger partial charge is 0.458 e. The standard InChI is InChI=1S/C42H50O6/c43-40(36-22-16-33(17-23-36)30-10-4-1-5-11-30)46-28-39(48-42(45)38-26-20-35(21-27-38)32-14-8-3-9-15-32)29-47-41(44)37-24-18-34(19-25-37)31-12-6-2-7-13-31/h16-27,30-32,39H,1-15,28-29H2. The third-order valence-electron chi connectivity index (χ3n) is 10.7. The Morgan fingerprint density at radius 1 is 0.438 bits per heavy atom. The van der Waals surface area contributed by atoms with Gasteiger partial charge in [-0.2, -0.15) is 0 Å². The summed E-state index contributed by atoms with van der Waals surface area (Å²) in [6.45, 7) is -0.466. The molecule has 0 N–H and O–H groups in total. The number of benzene rings is 3. The predicted octanol–water partition coefficient (Wildman–Crippen LogP) is 10.1. The van der Waals surface area contributed by atoms with Crippen molar-refractivity contribution in [3.63, 3.8) is 0 Å². The second-order valence-electron chi connectivity index (χ2n) is 14.1. The summed E-state index contributed by atoms with van der Waals surface area (Å²) in [5, 5.41) is 0. The summed E-state index contributed by atoms with van der Waals surface area (Å²) in [5.74, 6) is 0.0604. The molecule has 0 aliphatic heterocycles. The SMILES string of the molecule is O=C(OCC(COC(=O)c1ccc(C2CCCCC2)cc1)OC(=O)c1ccc(C2CCCCC2)cc1)c1ccc(C2CCCCC2)cc1. The van der Waals surface area contributed by atoms with Crippen LogP contribution in [0.2, 0.25) is 0 Å². The third-order valence-corrected chi connectivity index (χ3v) is 10.7. The Labute approximate surface area is 285 Å². The summed E-state index contributed by atoms with van der Waals surface area (Å²) in [6.07, 6.45) is 17.5. The van der Waals surface area contributed by atoms with Crippen molar-refractivity contribution in [2.24, 2.45) is 0 Å². The zero-order chi connectivity index (χ0) is 33.1. The summed E-state index contributed by atoms with van der Waals surface area (Å²) >= 11 is 0. The van der Waals surface area contributed by atoms with Gasteiger partial charge >= 0.3 is 17.9 Å². The molecule has 0 saturated heterocycles. The fourth-order valence-electron chi connectivity index (χ4n) is 7.82. The third kappa shape index (κ3) is 9.15. The lowest BCUT2D eigenvalue weighted by Crippen LogP contribution is -2.31. The Hall–Kier alpha value is -3.93. The van der Waals surface area contributed by atoms with E-state index >= 15 is 0 Å². The highest BCUT2D eigenvalue weighted by Crippen LogP contribution is 2.34. The van der Waals surface area contributed by atoms with Gasteiger partial charge in [-0.15, -0.1) is 0 Å². The summed E-state index contributed by atoms with van der Waals surface area (Å²) in [4.78, 5) is 39.3. The van der Waals surface area contributed by atoms with E-state index < -0.39 is 24.0 Å². The van der Waals surface area contributed by atoms with E-state index in [0.29, 0.717) is 34.4 Å². The van der Waals surface area contributed by atoms with Crippen LogP contribution in [0.25, 0.3) is 0 Å². The smallest absolute Gasteiger partial charge is 0.338 e. The van der Waals surface area contributed by atoms with Crippen LogP contribution in [0, 0.1) is 0 Å². The molecule has 6 rings (SSSR count). The van der Waals surface area contributed by atoms with Crippen molar-refractivity contribution in [2.45, 2.75) is 120 Å². The van der Waals surface area contributed by atoms with Gasteiger partial charge in [0.05, 0.1) is 16.7 Å². The molecule has 3 aromatic carbocycles. The zero-order valence-corrected chi connectivity index (χ0v) is 28.2. The van der Waals surface area contributed by atoms with Gasteiger partial charge in [0, 0.05) is 0 Å². The van der Waals surface area contributed by atoms with Crippen LogP contribution < -0.4 is 0 Å². The summed E-state index contributed by atoms with van der Waals surface area (Å²) in [5.41, 5.74) is 5.04. The minimum Gasteiger partial charge on any atom is -0.458 e. The van der Waals surface area contributed by atoms with E-state index in [1.807, 2.05) is 36.4 Å². The van der Waals surface area contributed by atoms with Crippen LogP contribution in [0.15, 0.2) is 72.8 Å². The Morgan fingerprint density at radius 2 is 0.729 bits per heavy atom. The molecule has 6 heteroatoms. The normalized spacial score (nSPS) is 17.9. The lowest BCUT2D eigenvalue weighted by Gasteiger charge is -2.22. The molecular weight excluding hydrogens is 600 g/mol. The second-order valence-corrected chi connectivity index (χ2v) is 14.1. The predicted molar refractivity (Wildman–Crippen MR) is 187 cm³/mol. The highest BCUT2D eigenvalue weighted by atomic mass is 16.6. The zero-order valence-electron chi connectivity index (χ0n) is 28.2. The molecule has 0 spiro atoms. The Kier molecular flexibility index (Phi) is 12.0. The summed E-state index contributed by atoms with van der Waals surface area (Å²) in [7, 11) is 0. The van der Waals surface area contributed by atoms with E-state index in [9.17, 15) is 14.4 Å². The molecule has 3 aliphatic rings. The molecule has 254 valence electrons. The van der Waals surface area contributed by atoms with Crippen molar-refractivity contribution in [2.75, 3.05) is 13.2 Å². The number of ether oxygens (including phenoxy) is 3. The molecule has 3 aromatic rings. The molecule has 0 unspecified atom stereocenters. The average Bonchev–Trinajstić information content (AvgIpc) is 3.17. The van der Waals surface area contributed by atoms with Crippen LogP contribution in [0.3, 0.4) is 0 Å². The minimum atomic E-state index is -0.966. The van der Waals surface area contributed by atoms with Gasteiger partial charge in [0.1, 0.15) is 13.2 Å². The Bertz CT molecular complexity index is 1400. The van der Waals surface area contributed by atoms with Gasteiger partial charge < -0.3 is 14.2 Å². The Balaban J connectivity index is 1.08. The first-order chi connectivity index (χ1) is 23.5. The van der Waals surface area contributed by atoms with E-state index in [4.69, 9.17) is 14.2 Å². The van der Waals surface area contributed by atoms with Crippen LogP contribution in [0.4, 0.5) is 0 Å². The van der Waals surface area contributed by atoms with Crippen LogP contribution >= 0.6 is 0 Å². The van der Waals surface area contributed by atoms with Gasteiger partial charge in [0.15, 0.2) is 6.10 Å². The number of hydrogen-bond donors (Lipinski definition) is 0. The number of hydrogen-bond acceptors (Lipinski definition) is 6. The van der Waals surface area contributed by atoms with Crippen molar-refractivity contribution < 1.29 is 28.6 Å². The van der Waals surface area contributed by atoms with Crippen molar-refractivity contribution in [3.05, 3.63) is 106 Å². The van der Waals surface area contributed by atoms with E-state index in [1.54, 1.807) is 36.4 Å². The number of rotatable bonds is 11. The maximum absolute atomic E-state index is 13.2. The number of carbonyl (C=O) groups excluding carboxylic acids is 3. The van der Waals surface area contributed by atoms with Gasteiger partial charge in [-0.3, -0.25) is 0 Å². The molecule has 48 heavy (non-hydrogen) atoms. The lowest BCUT2D eigenvalue weighted by atomic mass is 9.84. The van der Waals surface area contributed by atoms with Crippen molar-refractivity contribution in [1.82, 2.24) is 0 Å². The van der Waals surface area contributed by atoms with E-state index in [2.05, 4.69) is 0 Å². The highest BCUT2D eigenvalue weighted by Gasteiger charge is 2.24. The summed E-state index contributed by atoms with van der Waals surface area (Å²) < 4.78 is 17.0. The van der Waals surface area contributed by atoms with Crippen LogP contribution in [0.5, 0.6) is 0 Å². The molecule has 0 aromatic heterocycles. The van der Waals surface area contributed by atoms with E-state index in [-0.39, 0.29) is 13.2 Å². The molecule has 0 radical (unpaired) electrons. The molecular formula is C42H50O6. The first-order valence-electron chi connectivity index (χ1n) is 18.4. The van der Waals surface area contributed by atoms with Crippen LogP contribution in [0.1, 0.15) is 162 Å². The van der Waals surface area contributed by atoms with Crippen LogP contribution in [-0.2, 0) is 14.2 Å². The molecule has 6 nitrogen and oxygen atoms in total. The van der Waals surface area contributed by atoms with E-state index in [1.165, 1.54) is 113 Å². The monoisotopic (exact) mass is 650 g/mol. The molecule has 0 heterocycles. The first kappa shape index (κ1) is 34.0. The van der Waals surface area contributed by atoms with Gasteiger partial charge in [-0.1, -0.05) is 94.2 Å². The molecule has 3 saturated carbocycles. The molecule has 0 bridgehead atoms. The van der Waals surface area contributed by atoms with Gasteiger partial charge in [-0.25, -0.2) is 14.4 Å². The second kappa shape index (κ2) is 16.9. The fourth-order valence-corrected chi connectivity index (χ4v) is 7.82. The molecule has 0 amide bonds. The number of esters is 3. The molecule has 3 aliphatic carbocycles. The van der Waals surface area contributed by atoms with Crippen LogP contribution in [-0.4, -0.2) is 37.2 Å². The average molecular weight is 651 g/mol. The molecule has 3 fully saturated rings. The van der Waals surface area contributed by atoms with Gasteiger partial charge in [-0.05, 0) is 109 Å². The number of carbonyl (C=O) groups is 3. The minimum absolute atomic E-state index is 0.233. The van der Waals surface area contributed by atoms with Gasteiger partial charge in [0.25, 0.3) is 0 Å². The molecule has 0 atom stereocenters. The Morgan fingerprint density at radius 3 is 1.04 bits per heavy atom. The van der Waals surface area contributed by atoms with Crippen molar-refractivity contribution in [3.8, 4) is 0 Å². The lowest BCUT2D eigenvalue weighted by molar-refractivity contribution is -0.0253. The summed E-state index contributed by atoms with van der Waals surface area (Å²) in [6, 6.07) is 22.9. The first-order valence-corrected chi connectivity index (χ1v) is 18.4. The maximum Gasteiger partial charge on any atom is 0.338 e. The van der Waals surface area contributed by atoms with Crippen molar-refractivity contribution in [1.29, 1.82) is 0 Å². The topological polar surface area (TPSA) is 78.9 Å². The van der Waals surface area contributed by atoms with Crippen molar-refractivity contribution >= 4 is 17.9 Å². The highest BCUT2D eigenvalue weighted by molar-refractivity contribution is 5.91. The van der Waals surface area contributed by atoms with Gasteiger partial charge in [0.2, 0.25) is 0 Å². The maximum atomic E-state index is 13.2.